The minimum atomic E-state index is 0.0484. The van der Waals surface area contributed by atoms with E-state index in [-0.39, 0.29) is 5.91 Å². The van der Waals surface area contributed by atoms with Crippen LogP contribution >= 0.6 is 0 Å². The number of carbonyl (C=O) groups is 1. The van der Waals surface area contributed by atoms with Crippen molar-refractivity contribution in [2.45, 2.75) is 27.7 Å². The quantitative estimate of drug-likeness (QED) is 0.656. The fourth-order valence-corrected chi connectivity index (χ4v) is 2.18. The summed E-state index contributed by atoms with van der Waals surface area (Å²) in [5, 5.41) is 0. The predicted molar refractivity (Wildman–Crippen MR) is 86.9 cm³/mol. The Hall–Kier alpha value is -1.55. The standard InChI is InChI=1S/C17H28N2O2/c1-5-18(6-2)11-12-19(14-15(3)4)17(20)10-9-16-8-7-13-21-16/h7-10,13,15H,5-6,11-12,14H2,1-4H3. The number of furan rings is 1. The van der Waals surface area contributed by atoms with E-state index in [9.17, 15) is 4.79 Å². The highest BCUT2D eigenvalue weighted by Crippen LogP contribution is 2.05. The van der Waals surface area contributed by atoms with Crippen molar-refractivity contribution in [3.8, 4) is 0 Å². The van der Waals surface area contributed by atoms with Gasteiger partial charge in [-0.2, -0.15) is 0 Å². The van der Waals surface area contributed by atoms with Gasteiger partial charge in [0, 0.05) is 25.7 Å². The van der Waals surface area contributed by atoms with Crippen molar-refractivity contribution < 1.29 is 9.21 Å². The molecule has 1 rings (SSSR count). The maximum atomic E-state index is 12.3. The molecule has 4 heteroatoms. The molecule has 0 unspecified atom stereocenters. The molecule has 1 aromatic heterocycles. The van der Waals surface area contributed by atoms with Crippen molar-refractivity contribution in [3.05, 3.63) is 30.2 Å². The lowest BCUT2D eigenvalue weighted by molar-refractivity contribution is -0.126. The molecule has 21 heavy (non-hydrogen) atoms. The van der Waals surface area contributed by atoms with Gasteiger partial charge in [0.2, 0.25) is 5.91 Å². The predicted octanol–water partition coefficient (Wildman–Crippen LogP) is 3.12. The first-order valence-corrected chi connectivity index (χ1v) is 7.79. The van der Waals surface area contributed by atoms with E-state index in [0.29, 0.717) is 11.7 Å². The zero-order valence-electron chi connectivity index (χ0n) is 13.7. The van der Waals surface area contributed by atoms with Gasteiger partial charge in [-0.05, 0) is 37.2 Å². The molecule has 4 nitrogen and oxygen atoms in total. The molecule has 0 bridgehead atoms. The monoisotopic (exact) mass is 292 g/mol. The summed E-state index contributed by atoms with van der Waals surface area (Å²) in [5.41, 5.74) is 0. The highest BCUT2D eigenvalue weighted by molar-refractivity contribution is 5.91. The summed E-state index contributed by atoms with van der Waals surface area (Å²) in [7, 11) is 0. The Morgan fingerprint density at radius 1 is 1.29 bits per heavy atom. The first-order valence-electron chi connectivity index (χ1n) is 7.79. The van der Waals surface area contributed by atoms with Crippen LogP contribution in [0.15, 0.2) is 28.9 Å². The molecule has 0 fully saturated rings. The molecule has 1 amide bonds. The summed E-state index contributed by atoms with van der Waals surface area (Å²) in [6.45, 7) is 13.1. The van der Waals surface area contributed by atoms with E-state index < -0.39 is 0 Å². The average molecular weight is 292 g/mol. The molecule has 0 radical (unpaired) electrons. The SMILES string of the molecule is CCN(CC)CCN(CC(C)C)C(=O)C=Cc1ccco1. The first-order chi connectivity index (χ1) is 10.1. The Balaban J connectivity index is 2.60. The van der Waals surface area contributed by atoms with Crippen molar-refractivity contribution in [3.63, 3.8) is 0 Å². The van der Waals surface area contributed by atoms with Crippen LogP contribution in [-0.2, 0) is 4.79 Å². The highest BCUT2D eigenvalue weighted by atomic mass is 16.3. The van der Waals surface area contributed by atoms with Gasteiger partial charge in [-0.3, -0.25) is 4.79 Å². The molecule has 0 atom stereocenters. The van der Waals surface area contributed by atoms with Crippen molar-refractivity contribution >= 4 is 12.0 Å². The van der Waals surface area contributed by atoms with Crippen LogP contribution < -0.4 is 0 Å². The summed E-state index contributed by atoms with van der Waals surface area (Å²) in [4.78, 5) is 16.6. The smallest absolute Gasteiger partial charge is 0.246 e. The molecule has 0 aliphatic rings. The topological polar surface area (TPSA) is 36.7 Å². The number of rotatable bonds is 9. The van der Waals surface area contributed by atoms with Crippen LogP contribution in [0.1, 0.15) is 33.5 Å². The van der Waals surface area contributed by atoms with Gasteiger partial charge in [-0.15, -0.1) is 0 Å². The molecule has 0 spiro atoms. The lowest BCUT2D eigenvalue weighted by Gasteiger charge is -2.27. The van der Waals surface area contributed by atoms with Gasteiger partial charge in [0.1, 0.15) is 5.76 Å². The van der Waals surface area contributed by atoms with Crippen molar-refractivity contribution in [2.24, 2.45) is 5.92 Å². The number of amides is 1. The van der Waals surface area contributed by atoms with Gasteiger partial charge in [-0.25, -0.2) is 0 Å². The van der Waals surface area contributed by atoms with Crippen molar-refractivity contribution in [2.75, 3.05) is 32.7 Å². The van der Waals surface area contributed by atoms with E-state index in [4.69, 9.17) is 4.42 Å². The van der Waals surface area contributed by atoms with Gasteiger partial charge in [0.05, 0.1) is 6.26 Å². The zero-order chi connectivity index (χ0) is 15.7. The summed E-state index contributed by atoms with van der Waals surface area (Å²) < 4.78 is 5.21. The van der Waals surface area contributed by atoms with Crippen LogP contribution in [0.4, 0.5) is 0 Å². The summed E-state index contributed by atoms with van der Waals surface area (Å²) in [6, 6.07) is 3.66. The van der Waals surface area contributed by atoms with Crippen LogP contribution in [0.2, 0.25) is 0 Å². The molecule has 118 valence electrons. The summed E-state index contributed by atoms with van der Waals surface area (Å²) in [6.07, 6.45) is 4.94. The Kier molecular flexibility index (Phi) is 7.83. The summed E-state index contributed by atoms with van der Waals surface area (Å²) >= 11 is 0. The van der Waals surface area contributed by atoms with Crippen molar-refractivity contribution in [1.82, 2.24) is 9.80 Å². The second-order valence-corrected chi connectivity index (χ2v) is 5.55. The first kappa shape index (κ1) is 17.5. The molecule has 1 aromatic rings. The Morgan fingerprint density at radius 3 is 2.52 bits per heavy atom. The van der Waals surface area contributed by atoms with Crippen molar-refractivity contribution in [1.29, 1.82) is 0 Å². The molecule has 0 aliphatic carbocycles. The Labute approximate surface area is 128 Å². The zero-order valence-corrected chi connectivity index (χ0v) is 13.7. The van der Waals surface area contributed by atoms with E-state index >= 15 is 0 Å². The Morgan fingerprint density at radius 2 is 2.00 bits per heavy atom. The molecule has 0 saturated heterocycles. The van der Waals surface area contributed by atoms with Crippen LogP contribution in [0.5, 0.6) is 0 Å². The maximum absolute atomic E-state index is 12.3. The van der Waals surface area contributed by atoms with Gasteiger partial charge in [0.25, 0.3) is 0 Å². The van der Waals surface area contributed by atoms with Gasteiger partial charge >= 0.3 is 0 Å². The average Bonchev–Trinajstić information content (AvgIpc) is 2.97. The fraction of sp³-hybridized carbons (Fsp3) is 0.588. The second-order valence-electron chi connectivity index (χ2n) is 5.55. The van der Waals surface area contributed by atoms with Crippen LogP contribution in [0.25, 0.3) is 6.08 Å². The van der Waals surface area contributed by atoms with Crippen LogP contribution in [0.3, 0.4) is 0 Å². The molecule has 0 aromatic carbocycles. The van der Waals surface area contributed by atoms with Crippen LogP contribution in [-0.4, -0.2) is 48.4 Å². The lowest BCUT2D eigenvalue weighted by Crippen LogP contribution is -2.39. The largest absolute Gasteiger partial charge is 0.465 e. The van der Waals surface area contributed by atoms with Gasteiger partial charge in [-0.1, -0.05) is 27.7 Å². The summed E-state index contributed by atoms with van der Waals surface area (Å²) in [5.74, 6) is 1.21. The van der Waals surface area contributed by atoms with E-state index in [0.717, 1.165) is 32.7 Å². The lowest BCUT2D eigenvalue weighted by atomic mass is 10.2. The van der Waals surface area contributed by atoms with Gasteiger partial charge < -0.3 is 14.2 Å². The normalized spacial score (nSPS) is 11.7. The third-order valence-electron chi connectivity index (χ3n) is 3.41. The molecular formula is C17H28N2O2. The molecular weight excluding hydrogens is 264 g/mol. The van der Waals surface area contributed by atoms with E-state index in [2.05, 4.69) is 32.6 Å². The second kappa shape index (κ2) is 9.40. The third kappa shape index (κ3) is 6.63. The maximum Gasteiger partial charge on any atom is 0.246 e. The highest BCUT2D eigenvalue weighted by Gasteiger charge is 2.13. The third-order valence-corrected chi connectivity index (χ3v) is 3.41. The minimum absolute atomic E-state index is 0.0484. The number of nitrogens with zero attached hydrogens (tertiary/aromatic N) is 2. The van der Waals surface area contributed by atoms with Crippen LogP contribution in [0, 0.1) is 5.92 Å². The molecule has 1 heterocycles. The Bertz CT molecular complexity index is 420. The minimum Gasteiger partial charge on any atom is -0.465 e. The number of carbonyl (C=O) groups excluding carboxylic acids is 1. The number of likely N-dealkylation sites (N-methyl/N-ethyl adjacent to an activating group) is 1. The van der Waals surface area contributed by atoms with E-state index in [1.165, 1.54) is 0 Å². The number of hydrogen-bond acceptors (Lipinski definition) is 3. The molecule has 0 aliphatic heterocycles. The molecule has 0 saturated carbocycles. The molecule has 0 N–H and O–H groups in total. The fourth-order valence-electron chi connectivity index (χ4n) is 2.18. The number of hydrogen-bond donors (Lipinski definition) is 0. The van der Waals surface area contributed by atoms with E-state index in [1.54, 1.807) is 18.4 Å². The van der Waals surface area contributed by atoms with E-state index in [1.807, 2.05) is 17.0 Å². The van der Waals surface area contributed by atoms with Gasteiger partial charge in [0.15, 0.2) is 0 Å².